The molecule has 5 rings (SSSR count). The van der Waals surface area contributed by atoms with E-state index in [0.29, 0.717) is 25.1 Å². The van der Waals surface area contributed by atoms with Gasteiger partial charge >= 0.3 is 0 Å². The molecule has 1 aromatic heterocycles. The summed E-state index contributed by atoms with van der Waals surface area (Å²) in [6.07, 6.45) is 3.37. The van der Waals surface area contributed by atoms with Crippen LogP contribution in [0.3, 0.4) is 0 Å². The van der Waals surface area contributed by atoms with Crippen molar-refractivity contribution in [3.8, 4) is 0 Å². The van der Waals surface area contributed by atoms with Crippen molar-refractivity contribution in [2.75, 3.05) is 13.1 Å². The topological polar surface area (TPSA) is 94.3 Å². The highest BCUT2D eigenvalue weighted by Crippen LogP contribution is 2.24. The number of aromatic amines is 1. The van der Waals surface area contributed by atoms with Gasteiger partial charge < -0.3 is 9.88 Å². The second kappa shape index (κ2) is 9.39. The number of nitrogens with zero attached hydrogens (tertiary/aromatic N) is 1. The van der Waals surface area contributed by atoms with E-state index in [-0.39, 0.29) is 30.1 Å². The average Bonchev–Trinajstić information content (AvgIpc) is 3.29. The Kier molecular flexibility index (Phi) is 5.99. The first-order valence-corrected chi connectivity index (χ1v) is 11.5. The number of rotatable bonds is 4. The van der Waals surface area contributed by atoms with Crippen LogP contribution in [0.5, 0.6) is 0 Å². The average molecular weight is 455 g/mol. The van der Waals surface area contributed by atoms with E-state index < -0.39 is 0 Å². The van der Waals surface area contributed by atoms with E-state index in [1.807, 2.05) is 72.9 Å². The minimum atomic E-state index is -0.374. The summed E-state index contributed by atoms with van der Waals surface area (Å²) in [7, 11) is 0. The summed E-state index contributed by atoms with van der Waals surface area (Å²) in [5.41, 5.74) is 7.56. The number of fused-ring (bicyclic) bond motifs is 2. The lowest BCUT2D eigenvalue weighted by Crippen LogP contribution is -2.50. The summed E-state index contributed by atoms with van der Waals surface area (Å²) in [6, 6.07) is 21.3. The fraction of sp³-hybridized carbons (Fsp3) is 0.222. The molecule has 1 atom stereocenters. The third-order valence-corrected chi connectivity index (χ3v) is 6.45. The molecule has 1 saturated heterocycles. The number of carbonyl (C=O) groups excluding carboxylic acids is 3. The first-order valence-electron chi connectivity index (χ1n) is 11.5. The Balaban J connectivity index is 1.19. The standard InChI is InChI=1S/C27H26N4O3/c32-25(15-20-16-28-24-13-4-3-11-22(20)24)29-30-26(33)19-9-6-14-31(17-19)27(34)23-12-5-8-18-7-1-2-10-21(18)23/h1-5,7-8,10-13,16,19,28H,6,9,14-15,17H2,(H,29,32)(H,30,33). The SMILES string of the molecule is O=C(Cc1c[nH]c2ccccc12)NNC(=O)C1CCCN(C(=O)c2cccc3ccccc23)C1. The van der Waals surface area contributed by atoms with Gasteiger partial charge in [-0.25, -0.2) is 0 Å². The molecule has 0 radical (unpaired) electrons. The fourth-order valence-electron chi connectivity index (χ4n) is 4.69. The van der Waals surface area contributed by atoms with Crippen molar-refractivity contribution in [2.45, 2.75) is 19.3 Å². The first-order chi connectivity index (χ1) is 16.6. The van der Waals surface area contributed by atoms with Gasteiger partial charge in [0, 0.05) is 35.8 Å². The molecule has 1 fully saturated rings. The molecule has 1 aliphatic heterocycles. The normalized spacial score (nSPS) is 15.9. The van der Waals surface area contributed by atoms with Crippen molar-refractivity contribution < 1.29 is 14.4 Å². The van der Waals surface area contributed by atoms with E-state index >= 15 is 0 Å². The number of hydrogen-bond acceptors (Lipinski definition) is 3. The molecule has 0 aliphatic carbocycles. The van der Waals surface area contributed by atoms with Crippen molar-refractivity contribution in [1.82, 2.24) is 20.7 Å². The van der Waals surface area contributed by atoms with E-state index in [0.717, 1.165) is 33.7 Å². The zero-order chi connectivity index (χ0) is 23.5. The van der Waals surface area contributed by atoms with Crippen LogP contribution in [0.15, 0.2) is 72.9 Å². The number of carbonyl (C=O) groups is 3. The third-order valence-electron chi connectivity index (χ3n) is 6.45. The Labute approximate surface area is 197 Å². The number of piperidine rings is 1. The molecule has 1 unspecified atom stereocenters. The molecule has 0 spiro atoms. The smallest absolute Gasteiger partial charge is 0.254 e. The predicted octanol–water partition coefficient (Wildman–Crippen LogP) is 3.56. The molecule has 0 bridgehead atoms. The summed E-state index contributed by atoms with van der Waals surface area (Å²) in [5.74, 6) is -1.01. The molecular formula is C27H26N4O3. The molecule has 1 aliphatic rings. The van der Waals surface area contributed by atoms with Crippen molar-refractivity contribution in [3.05, 3.63) is 84.1 Å². The fourth-order valence-corrected chi connectivity index (χ4v) is 4.69. The second-order valence-electron chi connectivity index (χ2n) is 8.69. The highest BCUT2D eigenvalue weighted by molar-refractivity contribution is 6.07. The quantitative estimate of drug-likeness (QED) is 0.412. The summed E-state index contributed by atoms with van der Waals surface area (Å²) in [4.78, 5) is 43.3. The number of amides is 3. The number of hydrogen-bond donors (Lipinski definition) is 3. The molecular weight excluding hydrogens is 428 g/mol. The molecule has 2 heterocycles. The van der Waals surface area contributed by atoms with Gasteiger partial charge in [-0.05, 0) is 41.3 Å². The Bertz CT molecular complexity index is 1370. The molecule has 3 amide bonds. The molecule has 172 valence electrons. The van der Waals surface area contributed by atoms with Crippen LogP contribution in [0.1, 0.15) is 28.8 Å². The van der Waals surface area contributed by atoms with Crippen molar-refractivity contribution in [1.29, 1.82) is 0 Å². The lowest BCUT2D eigenvalue weighted by Gasteiger charge is -2.32. The lowest BCUT2D eigenvalue weighted by molar-refractivity contribution is -0.131. The van der Waals surface area contributed by atoms with Gasteiger partial charge in [0.2, 0.25) is 11.8 Å². The summed E-state index contributed by atoms with van der Waals surface area (Å²) in [6.45, 7) is 0.935. The van der Waals surface area contributed by atoms with Crippen LogP contribution in [0, 0.1) is 5.92 Å². The molecule has 7 nitrogen and oxygen atoms in total. The number of likely N-dealkylation sites (tertiary alicyclic amines) is 1. The summed E-state index contributed by atoms with van der Waals surface area (Å²) < 4.78 is 0. The maximum atomic E-state index is 13.3. The van der Waals surface area contributed by atoms with Gasteiger partial charge in [0.05, 0.1) is 12.3 Å². The van der Waals surface area contributed by atoms with Gasteiger partial charge in [-0.15, -0.1) is 0 Å². The largest absolute Gasteiger partial charge is 0.361 e. The van der Waals surface area contributed by atoms with Crippen LogP contribution in [0.25, 0.3) is 21.7 Å². The summed E-state index contributed by atoms with van der Waals surface area (Å²) in [5, 5.41) is 2.91. The Morgan fingerprint density at radius 1 is 0.912 bits per heavy atom. The number of H-pyrrole nitrogens is 1. The zero-order valence-corrected chi connectivity index (χ0v) is 18.7. The Morgan fingerprint density at radius 2 is 1.68 bits per heavy atom. The van der Waals surface area contributed by atoms with Crippen LogP contribution in [0.4, 0.5) is 0 Å². The van der Waals surface area contributed by atoms with Crippen molar-refractivity contribution >= 4 is 39.4 Å². The molecule has 0 saturated carbocycles. The van der Waals surface area contributed by atoms with Crippen LogP contribution in [-0.2, 0) is 16.0 Å². The monoisotopic (exact) mass is 454 g/mol. The van der Waals surface area contributed by atoms with E-state index in [1.165, 1.54) is 0 Å². The minimum Gasteiger partial charge on any atom is -0.361 e. The van der Waals surface area contributed by atoms with E-state index in [9.17, 15) is 14.4 Å². The first kappa shape index (κ1) is 21.7. The number of hydrazine groups is 1. The van der Waals surface area contributed by atoms with Gasteiger partial charge in [0.25, 0.3) is 5.91 Å². The van der Waals surface area contributed by atoms with E-state index in [2.05, 4.69) is 15.8 Å². The molecule has 34 heavy (non-hydrogen) atoms. The molecule has 3 aromatic carbocycles. The van der Waals surface area contributed by atoms with Crippen LogP contribution >= 0.6 is 0 Å². The van der Waals surface area contributed by atoms with Gasteiger partial charge in [-0.1, -0.05) is 54.6 Å². The van der Waals surface area contributed by atoms with E-state index in [1.54, 1.807) is 4.90 Å². The molecule has 3 N–H and O–H groups in total. The van der Waals surface area contributed by atoms with Crippen LogP contribution in [-0.4, -0.2) is 40.7 Å². The Hall–Kier alpha value is -4.13. The predicted molar refractivity (Wildman–Crippen MR) is 131 cm³/mol. The number of para-hydroxylation sites is 1. The minimum absolute atomic E-state index is 0.0716. The van der Waals surface area contributed by atoms with Crippen LogP contribution < -0.4 is 10.9 Å². The zero-order valence-electron chi connectivity index (χ0n) is 18.7. The number of nitrogens with one attached hydrogen (secondary N) is 3. The van der Waals surface area contributed by atoms with Crippen molar-refractivity contribution in [3.63, 3.8) is 0 Å². The van der Waals surface area contributed by atoms with E-state index in [4.69, 9.17) is 0 Å². The Morgan fingerprint density at radius 3 is 2.56 bits per heavy atom. The second-order valence-corrected chi connectivity index (χ2v) is 8.69. The highest BCUT2D eigenvalue weighted by Gasteiger charge is 2.29. The number of aromatic nitrogens is 1. The maximum Gasteiger partial charge on any atom is 0.254 e. The maximum absolute atomic E-state index is 13.3. The highest BCUT2D eigenvalue weighted by atomic mass is 16.2. The van der Waals surface area contributed by atoms with Crippen LogP contribution in [0.2, 0.25) is 0 Å². The van der Waals surface area contributed by atoms with Gasteiger partial charge in [-0.3, -0.25) is 25.2 Å². The third kappa shape index (κ3) is 4.37. The van der Waals surface area contributed by atoms with Gasteiger partial charge in [-0.2, -0.15) is 0 Å². The van der Waals surface area contributed by atoms with Gasteiger partial charge in [0.15, 0.2) is 0 Å². The van der Waals surface area contributed by atoms with Crippen molar-refractivity contribution in [2.24, 2.45) is 5.92 Å². The summed E-state index contributed by atoms with van der Waals surface area (Å²) >= 11 is 0. The molecule has 4 aromatic rings. The lowest BCUT2D eigenvalue weighted by atomic mass is 9.96. The van der Waals surface area contributed by atoms with Gasteiger partial charge in [0.1, 0.15) is 0 Å². The number of benzene rings is 3. The molecule has 7 heteroatoms.